The van der Waals surface area contributed by atoms with Gasteiger partial charge in [0.05, 0.1) is 22.3 Å². The number of likely N-dealkylation sites (tertiary alicyclic amines) is 1. The molecule has 0 radical (unpaired) electrons. The molecular weight excluding hydrogens is 868 g/mol. The summed E-state index contributed by atoms with van der Waals surface area (Å²) in [4.78, 5) is 41.2. The molecule has 65 heavy (non-hydrogen) atoms. The van der Waals surface area contributed by atoms with Crippen molar-refractivity contribution in [1.29, 1.82) is 0 Å². The van der Waals surface area contributed by atoms with Crippen molar-refractivity contribution in [3.05, 3.63) is 105 Å². The van der Waals surface area contributed by atoms with Crippen LogP contribution in [0.2, 0.25) is 5.15 Å². The molecule has 3 atom stereocenters. The van der Waals surface area contributed by atoms with Crippen molar-refractivity contribution in [2.45, 2.75) is 114 Å². The number of nitro groups is 1. The average Bonchev–Trinajstić information content (AvgIpc) is 3.95. The van der Waals surface area contributed by atoms with E-state index in [1.807, 2.05) is 6.92 Å². The van der Waals surface area contributed by atoms with Crippen LogP contribution < -0.4 is 19.7 Å². The van der Waals surface area contributed by atoms with Crippen molar-refractivity contribution < 1.29 is 28.0 Å². The van der Waals surface area contributed by atoms with Gasteiger partial charge in [0.1, 0.15) is 16.3 Å². The lowest BCUT2D eigenvalue weighted by Gasteiger charge is -2.57. The number of rotatable bonds is 17. The molecule has 2 saturated heterocycles. The molecule has 3 fully saturated rings. The number of ether oxygens (including phenoxy) is 1. The first kappa shape index (κ1) is 46.2. The van der Waals surface area contributed by atoms with Crippen molar-refractivity contribution >= 4 is 55.8 Å². The first-order valence-electron chi connectivity index (χ1n) is 22.8. The molecule has 4 N–H and O–H groups in total. The van der Waals surface area contributed by atoms with Crippen LogP contribution in [0.15, 0.2) is 78.0 Å². The lowest BCUT2D eigenvalue weighted by atomic mass is 9.70. The number of halogens is 1. The maximum absolute atomic E-state index is 14.0. The van der Waals surface area contributed by atoms with E-state index in [1.165, 1.54) is 36.5 Å². The number of fused-ring (bicyclic) bond motifs is 1. The Morgan fingerprint density at radius 1 is 1.09 bits per heavy atom. The Labute approximate surface area is 385 Å². The van der Waals surface area contributed by atoms with Crippen LogP contribution in [0.4, 0.5) is 17.2 Å². The molecule has 15 nitrogen and oxygen atoms in total. The summed E-state index contributed by atoms with van der Waals surface area (Å²) in [6.07, 6.45) is 10.8. The number of anilines is 2. The molecule has 5 aromatic rings. The number of piperidine rings is 1. The normalized spacial score (nSPS) is 19.6. The minimum Gasteiger partial charge on any atom is -0.453 e. The Morgan fingerprint density at radius 3 is 2.60 bits per heavy atom. The van der Waals surface area contributed by atoms with Gasteiger partial charge in [-0.05, 0) is 111 Å². The van der Waals surface area contributed by atoms with E-state index in [2.05, 4.69) is 72.9 Å². The largest absolute Gasteiger partial charge is 0.453 e. The van der Waals surface area contributed by atoms with Gasteiger partial charge in [0, 0.05) is 68.2 Å². The highest BCUT2D eigenvalue weighted by Gasteiger charge is 2.49. The summed E-state index contributed by atoms with van der Waals surface area (Å²) in [5, 5.41) is 26.0. The molecule has 0 unspecified atom stereocenters. The number of nitrogens with zero attached hydrogens (tertiary/aromatic N) is 5. The van der Waals surface area contributed by atoms with Crippen molar-refractivity contribution in [2.24, 2.45) is 5.41 Å². The number of H-pyrrole nitrogens is 1. The van der Waals surface area contributed by atoms with E-state index in [0.29, 0.717) is 55.8 Å². The van der Waals surface area contributed by atoms with Crippen molar-refractivity contribution in [2.75, 3.05) is 42.9 Å². The minimum absolute atomic E-state index is 0.0379. The zero-order valence-corrected chi connectivity index (χ0v) is 39.1. The van der Waals surface area contributed by atoms with Gasteiger partial charge in [0.2, 0.25) is 5.82 Å². The predicted octanol–water partition coefficient (Wildman–Crippen LogP) is 9.54. The van der Waals surface area contributed by atoms with Crippen molar-refractivity contribution in [3.63, 3.8) is 0 Å². The number of hydrogen-bond acceptors (Lipinski definition) is 12. The maximum atomic E-state index is 14.0. The summed E-state index contributed by atoms with van der Waals surface area (Å²) < 4.78 is 35.8. The first-order chi connectivity index (χ1) is 31.0. The Balaban J connectivity index is 0.972. The fraction of sp³-hybridized carbons (Fsp3) is 0.479. The Morgan fingerprint density at radius 2 is 1.86 bits per heavy atom. The smallest absolute Gasteiger partial charge is 0.312 e. The molecule has 5 heterocycles. The summed E-state index contributed by atoms with van der Waals surface area (Å²) in [6.45, 7) is 12.3. The lowest BCUT2D eigenvalue weighted by Crippen LogP contribution is -2.63. The number of aliphatic hydroxyl groups is 1. The highest BCUT2D eigenvalue weighted by molar-refractivity contribution is 7.90. The summed E-state index contributed by atoms with van der Waals surface area (Å²) in [5.41, 5.74) is 3.12. The van der Waals surface area contributed by atoms with Crippen LogP contribution in [0.3, 0.4) is 0 Å². The molecule has 1 amide bonds. The van der Waals surface area contributed by atoms with Crippen LogP contribution in [-0.2, 0) is 10.0 Å². The predicted molar refractivity (Wildman–Crippen MR) is 253 cm³/mol. The number of amides is 1. The number of nitrogens with one attached hydrogen (secondary N) is 3. The van der Waals surface area contributed by atoms with Gasteiger partial charge >= 0.3 is 5.69 Å². The molecule has 17 heteroatoms. The number of aromatic amines is 1. The third-order valence-corrected chi connectivity index (χ3v) is 15.5. The van der Waals surface area contributed by atoms with E-state index in [1.54, 1.807) is 37.4 Å². The molecule has 1 saturated carbocycles. The number of aromatic nitrogens is 3. The Kier molecular flexibility index (Phi) is 13.4. The van der Waals surface area contributed by atoms with Crippen molar-refractivity contribution in [1.82, 2.24) is 24.6 Å². The van der Waals surface area contributed by atoms with Crippen molar-refractivity contribution in [3.8, 4) is 11.5 Å². The number of sulfonamides is 1. The van der Waals surface area contributed by atoms with Crippen LogP contribution in [0.5, 0.6) is 11.5 Å². The number of pyridine rings is 2. The van der Waals surface area contributed by atoms with Crippen LogP contribution in [0, 0.1) is 15.5 Å². The summed E-state index contributed by atoms with van der Waals surface area (Å²) in [5.74, 6) is 0.154. The van der Waals surface area contributed by atoms with Crippen LogP contribution >= 0.6 is 11.6 Å². The Hall–Kier alpha value is -5.29. The zero-order chi connectivity index (χ0) is 46.1. The molecule has 0 bridgehead atoms. The summed E-state index contributed by atoms with van der Waals surface area (Å²) in [6, 6.07) is 18.9. The quantitative estimate of drug-likeness (QED) is 0.0299. The molecule has 3 aromatic heterocycles. The third-order valence-electron chi connectivity index (χ3n) is 13.9. The fourth-order valence-corrected chi connectivity index (χ4v) is 11.0. The highest BCUT2D eigenvalue weighted by Crippen LogP contribution is 2.49. The van der Waals surface area contributed by atoms with E-state index in [4.69, 9.17) is 16.3 Å². The van der Waals surface area contributed by atoms with Gasteiger partial charge in [-0.2, -0.15) is 0 Å². The van der Waals surface area contributed by atoms with E-state index >= 15 is 0 Å². The lowest BCUT2D eigenvalue weighted by molar-refractivity contribution is -0.384. The van der Waals surface area contributed by atoms with Gasteiger partial charge in [0.25, 0.3) is 15.9 Å². The summed E-state index contributed by atoms with van der Waals surface area (Å²) in [7, 11) is -4.66. The second-order valence-electron chi connectivity index (χ2n) is 18.7. The highest BCUT2D eigenvalue weighted by atomic mass is 35.5. The maximum Gasteiger partial charge on any atom is 0.312 e. The van der Waals surface area contributed by atoms with Gasteiger partial charge in [-0.25, -0.2) is 23.1 Å². The second kappa shape index (κ2) is 18.9. The second-order valence-corrected chi connectivity index (χ2v) is 20.8. The molecule has 1 aliphatic carbocycles. The van der Waals surface area contributed by atoms with Crippen LogP contribution in [-0.4, -0.2) is 88.6 Å². The summed E-state index contributed by atoms with van der Waals surface area (Å²) >= 11 is 6.58. The Bertz CT molecular complexity index is 2660. The van der Waals surface area contributed by atoms with Gasteiger partial charge in [-0.1, -0.05) is 63.1 Å². The van der Waals surface area contributed by atoms with E-state index in [9.17, 15) is 28.4 Å². The molecule has 346 valence electrons. The standard InChI is InChI=1S/C48H59ClN8O7S/c1-5-47(4,59)18-8-9-21-50-45-40(57(60)61)27-34(28-52-45)65(62,63)54-46(58)38-16-15-33(26-41(38)64-42-25-32-17-22-51-44(32)53-43(42)49)55-23-19-48(20-24-55)29-56(30-48)39-14-10-13-37(39)36-12-7-6-11-35(36)31(2)3/h6-7,11-12,15-17,22,25-28,31,37,39,59H,5,8-10,13-14,18-21,23-24,29-30H2,1-4H3,(H,50,52)(H,51,53)(H,54,58)/t37-,39-,47+/m0/s1. The van der Waals surface area contributed by atoms with E-state index in [-0.39, 0.29) is 33.4 Å². The number of carbonyl (C=O) groups excluding carboxylic acids is 1. The zero-order valence-electron chi connectivity index (χ0n) is 37.5. The monoisotopic (exact) mass is 926 g/mol. The minimum atomic E-state index is -4.66. The third kappa shape index (κ3) is 10.1. The fourth-order valence-electron chi connectivity index (χ4n) is 9.94. The number of unbranched alkanes of at least 4 members (excludes halogenated alkanes) is 1. The van der Waals surface area contributed by atoms with Crippen LogP contribution in [0.25, 0.3) is 11.0 Å². The van der Waals surface area contributed by atoms with Crippen LogP contribution in [0.1, 0.15) is 119 Å². The average molecular weight is 928 g/mol. The van der Waals surface area contributed by atoms with Gasteiger partial charge in [-0.3, -0.25) is 19.8 Å². The molecule has 8 rings (SSSR count). The first-order valence-corrected chi connectivity index (χ1v) is 24.6. The molecule has 3 aliphatic rings. The molecular formula is C48H59ClN8O7S. The van der Waals surface area contributed by atoms with Gasteiger partial charge < -0.3 is 25.0 Å². The SMILES string of the molecule is CC[C@@](C)(O)CCCCNc1ncc(S(=O)(=O)NC(=O)c2ccc(N3CCC4(CC3)CN([C@H]3CCC[C@H]3c3ccccc3C(C)C)C4)cc2Oc2cc3cc[nH]c3nc2Cl)cc1[N+](=O)[O-]. The number of hydrogen-bond donors (Lipinski definition) is 4. The molecule has 2 aliphatic heterocycles. The molecule has 1 spiro atoms. The number of benzene rings is 2. The van der Waals surface area contributed by atoms with E-state index < -0.39 is 37.0 Å². The van der Waals surface area contributed by atoms with Gasteiger partial charge in [-0.15, -0.1) is 0 Å². The topological polar surface area (TPSA) is 196 Å². The van der Waals surface area contributed by atoms with Gasteiger partial charge in [0.15, 0.2) is 10.9 Å². The molecule has 2 aromatic carbocycles. The number of carbonyl (C=O) groups is 1. The van der Waals surface area contributed by atoms with E-state index in [0.717, 1.165) is 62.4 Å².